The fourth-order valence-corrected chi connectivity index (χ4v) is 2.09. The van der Waals surface area contributed by atoms with Gasteiger partial charge in [0.2, 0.25) is 5.91 Å². The van der Waals surface area contributed by atoms with Crippen LogP contribution in [0.4, 0.5) is 0 Å². The predicted octanol–water partition coefficient (Wildman–Crippen LogP) is 2.41. The van der Waals surface area contributed by atoms with Gasteiger partial charge < -0.3 is 10.4 Å². The van der Waals surface area contributed by atoms with Gasteiger partial charge in [-0.25, -0.2) is 4.79 Å². The van der Waals surface area contributed by atoms with Crippen LogP contribution in [0.15, 0.2) is 29.2 Å². The second-order valence-electron chi connectivity index (χ2n) is 3.61. The lowest BCUT2D eigenvalue weighted by Gasteiger charge is -2.11. The summed E-state index contributed by atoms with van der Waals surface area (Å²) in [6.45, 7) is 1.71. The Morgan fingerprint density at radius 3 is 2.50 bits per heavy atom. The standard InChI is InChI=1S/C12H14ClNO3S/c1-2-10(12(16)17)14-11(15)7-18-9-5-3-8(13)4-6-9/h3-6,10H,2,7H2,1H3,(H,14,15)(H,16,17)/t10-/m1/s1. The van der Waals surface area contributed by atoms with Gasteiger partial charge in [-0.1, -0.05) is 18.5 Å². The molecule has 98 valence electrons. The minimum atomic E-state index is -1.01. The number of benzene rings is 1. The highest BCUT2D eigenvalue weighted by molar-refractivity contribution is 8.00. The minimum Gasteiger partial charge on any atom is -0.480 e. The van der Waals surface area contributed by atoms with E-state index in [-0.39, 0.29) is 11.7 Å². The van der Waals surface area contributed by atoms with Crippen LogP contribution in [0.3, 0.4) is 0 Å². The van der Waals surface area contributed by atoms with Crippen molar-refractivity contribution in [1.82, 2.24) is 5.32 Å². The summed E-state index contributed by atoms with van der Waals surface area (Å²) >= 11 is 7.08. The monoisotopic (exact) mass is 287 g/mol. The molecule has 1 amide bonds. The Bertz CT molecular complexity index is 422. The molecule has 0 bridgehead atoms. The lowest BCUT2D eigenvalue weighted by molar-refractivity contribution is -0.141. The maximum atomic E-state index is 11.5. The van der Waals surface area contributed by atoms with Gasteiger partial charge in [-0.05, 0) is 30.7 Å². The first-order valence-electron chi connectivity index (χ1n) is 5.43. The molecule has 0 spiro atoms. The van der Waals surface area contributed by atoms with Crippen molar-refractivity contribution in [3.8, 4) is 0 Å². The normalized spacial score (nSPS) is 11.9. The Labute approximate surface area is 115 Å². The molecule has 0 heterocycles. The van der Waals surface area contributed by atoms with Crippen molar-refractivity contribution in [2.45, 2.75) is 24.3 Å². The summed E-state index contributed by atoms with van der Waals surface area (Å²) in [4.78, 5) is 23.2. The SMILES string of the molecule is CC[C@@H](NC(=O)CSc1ccc(Cl)cc1)C(=O)O. The van der Waals surface area contributed by atoms with Crippen molar-refractivity contribution >= 4 is 35.2 Å². The molecule has 1 atom stereocenters. The van der Waals surface area contributed by atoms with Gasteiger partial charge in [-0.3, -0.25) is 4.79 Å². The molecule has 0 aliphatic rings. The fourth-order valence-electron chi connectivity index (χ4n) is 1.25. The highest BCUT2D eigenvalue weighted by Gasteiger charge is 2.17. The zero-order valence-electron chi connectivity index (χ0n) is 9.85. The molecule has 0 radical (unpaired) electrons. The van der Waals surface area contributed by atoms with Crippen molar-refractivity contribution in [2.24, 2.45) is 0 Å². The zero-order valence-corrected chi connectivity index (χ0v) is 11.4. The molecule has 1 aromatic carbocycles. The van der Waals surface area contributed by atoms with Crippen LogP contribution in [0.1, 0.15) is 13.3 Å². The van der Waals surface area contributed by atoms with Gasteiger partial charge in [0.1, 0.15) is 6.04 Å². The Balaban J connectivity index is 2.41. The summed E-state index contributed by atoms with van der Waals surface area (Å²) in [5, 5.41) is 11.9. The predicted molar refractivity (Wildman–Crippen MR) is 72.0 cm³/mol. The number of halogens is 1. The second kappa shape index (κ2) is 7.28. The highest BCUT2D eigenvalue weighted by atomic mass is 35.5. The van der Waals surface area contributed by atoms with Gasteiger partial charge in [0.15, 0.2) is 0 Å². The molecule has 0 aliphatic heterocycles. The van der Waals surface area contributed by atoms with Gasteiger partial charge in [-0.2, -0.15) is 0 Å². The number of aliphatic carboxylic acids is 1. The second-order valence-corrected chi connectivity index (χ2v) is 5.09. The lowest BCUT2D eigenvalue weighted by atomic mass is 10.2. The molecule has 0 unspecified atom stereocenters. The number of carboxylic acid groups (broad SMARTS) is 1. The summed E-state index contributed by atoms with van der Waals surface area (Å²) in [5.41, 5.74) is 0. The van der Waals surface area contributed by atoms with Crippen molar-refractivity contribution in [3.63, 3.8) is 0 Å². The highest BCUT2D eigenvalue weighted by Crippen LogP contribution is 2.19. The summed E-state index contributed by atoms with van der Waals surface area (Å²) < 4.78 is 0. The van der Waals surface area contributed by atoms with Crippen LogP contribution in [0.25, 0.3) is 0 Å². The third-order valence-corrected chi connectivity index (χ3v) is 3.49. The average molecular weight is 288 g/mol. The summed E-state index contributed by atoms with van der Waals surface area (Å²) in [6.07, 6.45) is 0.368. The van der Waals surface area contributed by atoms with E-state index in [0.717, 1.165) is 4.90 Å². The van der Waals surface area contributed by atoms with Gasteiger partial charge in [0, 0.05) is 9.92 Å². The minimum absolute atomic E-state index is 0.186. The van der Waals surface area contributed by atoms with Gasteiger partial charge in [0.25, 0.3) is 0 Å². The summed E-state index contributed by atoms with van der Waals surface area (Å²) in [7, 11) is 0. The van der Waals surface area contributed by atoms with Crippen LogP contribution in [0, 0.1) is 0 Å². The van der Waals surface area contributed by atoms with E-state index in [1.807, 2.05) is 12.1 Å². The van der Waals surface area contributed by atoms with Crippen LogP contribution < -0.4 is 5.32 Å². The molecule has 0 fully saturated rings. The Kier molecular flexibility index (Phi) is 6.01. The molecule has 0 aliphatic carbocycles. The number of thioether (sulfide) groups is 1. The average Bonchev–Trinajstić information content (AvgIpc) is 2.35. The van der Waals surface area contributed by atoms with E-state index in [9.17, 15) is 9.59 Å². The van der Waals surface area contributed by atoms with Crippen LogP contribution in [-0.2, 0) is 9.59 Å². The number of nitrogens with one attached hydrogen (secondary N) is 1. The van der Waals surface area contributed by atoms with Crippen molar-refractivity contribution in [2.75, 3.05) is 5.75 Å². The topological polar surface area (TPSA) is 66.4 Å². The molecule has 1 rings (SSSR count). The third kappa shape index (κ3) is 4.98. The lowest BCUT2D eigenvalue weighted by Crippen LogP contribution is -2.41. The number of carbonyl (C=O) groups excluding carboxylic acids is 1. The largest absolute Gasteiger partial charge is 0.480 e. The molecule has 0 aromatic heterocycles. The van der Waals surface area contributed by atoms with Crippen molar-refractivity contribution in [1.29, 1.82) is 0 Å². The van der Waals surface area contributed by atoms with Crippen molar-refractivity contribution in [3.05, 3.63) is 29.3 Å². The van der Waals surface area contributed by atoms with Gasteiger partial charge in [0.05, 0.1) is 5.75 Å². The third-order valence-electron chi connectivity index (χ3n) is 2.23. The fraction of sp³-hybridized carbons (Fsp3) is 0.333. The number of hydrogen-bond donors (Lipinski definition) is 2. The molecule has 0 saturated carbocycles. The Hall–Kier alpha value is -1.20. The van der Waals surface area contributed by atoms with E-state index in [0.29, 0.717) is 11.4 Å². The molecular formula is C12H14ClNO3S. The molecule has 1 aromatic rings. The first-order chi connectivity index (χ1) is 8.52. The Morgan fingerprint density at radius 2 is 2.00 bits per heavy atom. The van der Waals surface area contributed by atoms with E-state index in [1.54, 1.807) is 19.1 Å². The van der Waals surface area contributed by atoms with Crippen LogP contribution in [0.2, 0.25) is 5.02 Å². The number of hydrogen-bond acceptors (Lipinski definition) is 3. The number of amides is 1. The maximum Gasteiger partial charge on any atom is 0.326 e. The van der Waals surface area contributed by atoms with Crippen LogP contribution >= 0.6 is 23.4 Å². The summed E-state index contributed by atoms with van der Waals surface area (Å²) in [6, 6.07) is 6.30. The quantitative estimate of drug-likeness (QED) is 0.789. The Morgan fingerprint density at radius 1 is 1.39 bits per heavy atom. The van der Waals surface area contributed by atoms with E-state index < -0.39 is 12.0 Å². The first kappa shape index (κ1) is 14.9. The molecule has 18 heavy (non-hydrogen) atoms. The molecule has 0 saturated heterocycles. The van der Waals surface area contributed by atoms with Crippen LogP contribution in [0.5, 0.6) is 0 Å². The molecular weight excluding hydrogens is 274 g/mol. The van der Waals surface area contributed by atoms with E-state index in [4.69, 9.17) is 16.7 Å². The molecule has 4 nitrogen and oxygen atoms in total. The maximum absolute atomic E-state index is 11.5. The van der Waals surface area contributed by atoms with E-state index >= 15 is 0 Å². The van der Waals surface area contributed by atoms with Crippen molar-refractivity contribution < 1.29 is 14.7 Å². The molecule has 2 N–H and O–H groups in total. The zero-order chi connectivity index (χ0) is 13.5. The van der Waals surface area contributed by atoms with E-state index in [1.165, 1.54) is 11.8 Å². The first-order valence-corrected chi connectivity index (χ1v) is 6.79. The number of carboxylic acids is 1. The van der Waals surface area contributed by atoms with Gasteiger partial charge >= 0.3 is 5.97 Å². The molecule has 6 heteroatoms. The van der Waals surface area contributed by atoms with Gasteiger partial charge in [-0.15, -0.1) is 11.8 Å². The smallest absolute Gasteiger partial charge is 0.326 e. The van der Waals surface area contributed by atoms with Crippen LogP contribution in [-0.4, -0.2) is 28.8 Å². The summed E-state index contributed by atoms with van der Waals surface area (Å²) in [5.74, 6) is -1.11. The number of carbonyl (C=O) groups is 2. The number of rotatable bonds is 6. The van der Waals surface area contributed by atoms with E-state index in [2.05, 4.69) is 5.32 Å².